The highest BCUT2D eigenvalue weighted by atomic mass is 15.1. The number of imidazole rings is 1. The van der Waals surface area contributed by atoms with Crippen LogP contribution < -0.4 is 4.57 Å². The van der Waals surface area contributed by atoms with Gasteiger partial charge in [-0.15, -0.1) is 0 Å². The fraction of sp³-hybridized carbons (Fsp3) is 0.667. The van der Waals surface area contributed by atoms with Gasteiger partial charge in [0, 0.05) is 13.3 Å². The molecule has 0 aliphatic carbocycles. The molecule has 2 aromatic rings. The predicted molar refractivity (Wildman–Crippen MR) is 125 cm³/mol. The number of aryl methyl sites for hydroxylation is 2. The van der Waals surface area contributed by atoms with Crippen molar-refractivity contribution >= 4 is 0 Å². The first-order valence-electron chi connectivity index (χ1n) is 12.4. The van der Waals surface area contributed by atoms with Gasteiger partial charge in [-0.3, -0.25) is 0 Å². The maximum atomic E-state index is 3.42. The highest BCUT2D eigenvalue weighted by Crippen LogP contribution is 2.13. The maximum Gasteiger partial charge on any atom is 0.251 e. The van der Waals surface area contributed by atoms with Crippen LogP contribution in [-0.4, -0.2) is 4.98 Å². The van der Waals surface area contributed by atoms with E-state index in [-0.39, 0.29) is 0 Å². The lowest BCUT2D eigenvalue weighted by molar-refractivity contribution is -0.700. The number of hydrogen-bond donors (Lipinski definition) is 1. The number of nitrogens with one attached hydrogen (secondary N) is 1. The summed E-state index contributed by atoms with van der Waals surface area (Å²) in [6, 6.07) is 10.8. The van der Waals surface area contributed by atoms with Crippen LogP contribution in [0, 0.1) is 6.92 Å². The summed E-state index contributed by atoms with van der Waals surface area (Å²) >= 11 is 0. The summed E-state index contributed by atoms with van der Waals surface area (Å²) in [7, 11) is 0. The quantitative estimate of drug-likeness (QED) is 0.208. The molecular weight excluding hydrogens is 352 g/mol. The number of nitrogens with zero attached hydrogens (tertiary/aromatic N) is 1. The van der Waals surface area contributed by atoms with Gasteiger partial charge in [0.15, 0.2) is 0 Å². The van der Waals surface area contributed by atoms with Gasteiger partial charge in [-0.2, -0.15) is 0 Å². The SMILES string of the molecule is CCCCCCCCCCCCCCCCc1c[nH]c(C)[n+]1Cc1ccccc1. The number of benzene rings is 1. The molecule has 1 N–H and O–H groups in total. The molecule has 0 aliphatic rings. The lowest BCUT2D eigenvalue weighted by atomic mass is 10.0. The molecule has 0 atom stereocenters. The molecule has 1 heterocycles. The fourth-order valence-corrected chi connectivity index (χ4v) is 4.25. The Morgan fingerprint density at radius 1 is 0.690 bits per heavy atom. The Morgan fingerprint density at radius 3 is 1.76 bits per heavy atom. The van der Waals surface area contributed by atoms with Gasteiger partial charge in [-0.25, -0.2) is 9.55 Å². The minimum Gasteiger partial charge on any atom is -0.248 e. The second kappa shape index (κ2) is 15.3. The van der Waals surface area contributed by atoms with Crippen LogP contribution in [-0.2, 0) is 13.0 Å². The van der Waals surface area contributed by atoms with Crippen molar-refractivity contribution in [1.82, 2.24) is 4.98 Å². The molecule has 162 valence electrons. The summed E-state index contributed by atoms with van der Waals surface area (Å²) in [5.41, 5.74) is 2.83. The summed E-state index contributed by atoms with van der Waals surface area (Å²) in [6.45, 7) is 5.45. The van der Waals surface area contributed by atoms with Gasteiger partial charge in [0.25, 0.3) is 5.82 Å². The van der Waals surface area contributed by atoms with Crippen LogP contribution >= 0.6 is 0 Å². The van der Waals surface area contributed by atoms with E-state index in [0.29, 0.717) is 0 Å². The van der Waals surface area contributed by atoms with E-state index < -0.39 is 0 Å². The average Bonchev–Trinajstić information content (AvgIpc) is 3.08. The molecule has 2 rings (SSSR count). The van der Waals surface area contributed by atoms with Crippen LogP contribution in [0.5, 0.6) is 0 Å². The first kappa shape index (κ1) is 23.7. The molecule has 1 aromatic heterocycles. The zero-order valence-electron chi connectivity index (χ0n) is 19.2. The highest BCUT2D eigenvalue weighted by Gasteiger charge is 2.14. The van der Waals surface area contributed by atoms with Crippen LogP contribution in [0.4, 0.5) is 0 Å². The average molecular weight is 398 g/mol. The Kier molecular flexibility index (Phi) is 12.5. The van der Waals surface area contributed by atoms with Crippen molar-refractivity contribution in [2.24, 2.45) is 0 Å². The molecule has 0 radical (unpaired) electrons. The molecule has 0 fully saturated rings. The second-order valence-electron chi connectivity index (χ2n) is 8.78. The summed E-state index contributed by atoms with van der Waals surface area (Å²) in [4.78, 5) is 3.42. The molecule has 0 spiro atoms. The molecule has 0 saturated heterocycles. The van der Waals surface area contributed by atoms with Gasteiger partial charge in [0.05, 0.1) is 0 Å². The van der Waals surface area contributed by atoms with E-state index in [9.17, 15) is 0 Å². The van der Waals surface area contributed by atoms with E-state index in [1.165, 1.54) is 113 Å². The Labute approximate surface area is 180 Å². The fourth-order valence-electron chi connectivity index (χ4n) is 4.25. The van der Waals surface area contributed by atoms with Crippen molar-refractivity contribution in [3.05, 3.63) is 53.6 Å². The molecule has 0 amide bonds. The van der Waals surface area contributed by atoms with Crippen LogP contribution in [0.15, 0.2) is 36.5 Å². The van der Waals surface area contributed by atoms with Crippen molar-refractivity contribution in [3.8, 4) is 0 Å². The molecule has 2 heteroatoms. The lowest BCUT2D eigenvalue weighted by Gasteiger charge is -2.05. The van der Waals surface area contributed by atoms with E-state index in [0.717, 1.165) is 6.54 Å². The molecule has 2 nitrogen and oxygen atoms in total. The Morgan fingerprint density at radius 2 is 1.21 bits per heavy atom. The first-order valence-corrected chi connectivity index (χ1v) is 12.4. The molecule has 1 aromatic carbocycles. The van der Waals surface area contributed by atoms with Gasteiger partial charge < -0.3 is 0 Å². The van der Waals surface area contributed by atoms with Crippen LogP contribution in [0.1, 0.15) is 114 Å². The molecule has 0 bridgehead atoms. The largest absolute Gasteiger partial charge is 0.251 e. The number of H-pyrrole nitrogens is 1. The minimum absolute atomic E-state index is 0.976. The van der Waals surface area contributed by atoms with Gasteiger partial charge >= 0.3 is 0 Å². The summed E-state index contributed by atoms with van der Waals surface area (Å²) in [5.74, 6) is 1.26. The van der Waals surface area contributed by atoms with Crippen molar-refractivity contribution < 1.29 is 4.57 Å². The number of hydrogen-bond acceptors (Lipinski definition) is 0. The molecule has 29 heavy (non-hydrogen) atoms. The van der Waals surface area contributed by atoms with E-state index in [1.54, 1.807) is 0 Å². The van der Waals surface area contributed by atoms with Gasteiger partial charge in [-0.05, 0) is 12.0 Å². The van der Waals surface area contributed by atoms with E-state index in [4.69, 9.17) is 0 Å². The van der Waals surface area contributed by atoms with Crippen molar-refractivity contribution in [3.63, 3.8) is 0 Å². The van der Waals surface area contributed by atoms with Crippen molar-refractivity contribution in [2.75, 3.05) is 0 Å². The molecular formula is C27H45N2+. The van der Waals surface area contributed by atoms with Crippen LogP contribution in [0.2, 0.25) is 0 Å². The lowest BCUT2D eigenvalue weighted by Crippen LogP contribution is -2.39. The summed E-state index contributed by atoms with van der Waals surface area (Å²) < 4.78 is 2.44. The zero-order chi connectivity index (χ0) is 20.6. The number of aromatic amines is 1. The number of unbranched alkanes of at least 4 members (excludes halogenated alkanes) is 13. The number of aromatic nitrogens is 2. The maximum absolute atomic E-state index is 3.42. The topological polar surface area (TPSA) is 19.7 Å². The van der Waals surface area contributed by atoms with Crippen LogP contribution in [0.3, 0.4) is 0 Å². The summed E-state index contributed by atoms with van der Waals surface area (Å²) in [6.07, 6.45) is 23.3. The van der Waals surface area contributed by atoms with Gasteiger partial charge in [0.2, 0.25) is 0 Å². The normalized spacial score (nSPS) is 11.2. The molecule has 0 saturated carbocycles. The molecule has 0 unspecified atom stereocenters. The third kappa shape index (κ3) is 10.1. The minimum atomic E-state index is 0.976. The van der Waals surface area contributed by atoms with Crippen molar-refractivity contribution in [1.29, 1.82) is 0 Å². The third-order valence-electron chi connectivity index (χ3n) is 6.17. The van der Waals surface area contributed by atoms with E-state index in [2.05, 4.69) is 59.9 Å². The Bertz CT molecular complexity index is 629. The second-order valence-corrected chi connectivity index (χ2v) is 8.78. The monoisotopic (exact) mass is 397 g/mol. The predicted octanol–water partition coefficient (Wildman–Crippen LogP) is 7.68. The summed E-state index contributed by atoms with van der Waals surface area (Å²) in [5, 5.41) is 0. The number of rotatable bonds is 17. The molecule has 0 aliphatic heterocycles. The van der Waals surface area contributed by atoms with Gasteiger partial charge in [-0.1, -0.05) is 121 Å². The van der Waals surface area contributed by atoms with Crippen LogP contribution in [0.25, 0.3) is 0 Å². The Balaban J connectivity index is 1.48. The van der Waals surface area contributed by atoms with E-state index in [1.807, 2.05) is 0 Å². The smallest absolute Gasteiger partial charge is 0.248 e. The Hall–Kier alpha value is -1.57. The van der Waals surface area contributed by atoms with Gasteiger partial charge in [0.1, 0.15) is 18.4 Å². The third-order valence-corrected chi connectivity index (χ3v) is 6.17. The highest BCUT2D eigenvalue weighted by molar-refractivity contribution is 5.13. The van der Waals surface area contributed by atoms with E-state index >= 15 is 0 Å². The zero-order valence-corrected chi connectivity index (χ0v) is 19.2. The van der Waals surface area contributed by atoms with Crippen molar-refractivity contribution in [2.45, 2.75) is 117 Å². The first-order chi connectivity index (χ1) is 14.3. The standard InChI is InChI=1S/C27H44N2/c1-3-4-5-6-7-8-9-10-11-12-13-14-15-19-22-27-23-28-25(2)29(27)24-26-20-17-16-18-21-26/h16-18,20-21,23H,3-15,19,22,24H2,1-2H3/p+1.